The number of nitrogens with zero attached hydrogens (tertiary/aromatic N) is 2. The Kier molecular flexibility index (Phi) is 7.91. The number of rotatable bonds is 8. The second kappa shape index (κ2) is 11.3. The number of ether oxygens (including phenoxy) is 1. The minimum absolute atomic E-state index is 0.108. The van der Waals surface area contributed by atoms with Crippen LogP contribution in [-0.4, -0.2) is 34.1 Å². The van der Waals surface area contributed by atoms with Gasteiger partial charge in [0.05, 0.1) is 12.3 Å². The summed E-state index contributed by atoms with van der Waals surface area (Å²) < 4.78 is 6.86. The number of carboxylic acid groups (broad SMARTS) is 1. The largest absolute Gasteiger partial charge is 0.480 e. The second-order valence-corrected chi connectivity index (χ2v) is 9.44. The molecule has 0 aliphatic heterocycles. The summed E-state index contributed by atoms with van der Waals surface area (Å²) >= 11 is 1.19. The van der Waals surface area contributed by atoms with Crippen LogP contribution in [0.1, 0.15) is 25.7 Å². The molecule has 1 aliphatic carbocycles. The zero-order valence-electron chi connectivity index (χ0n) is 18.9. The molecule has 1 aliphatic rings. The maximum atomic E-state index is 13.0. The van der Waals surface area contributed by atoms with Crippen LogP contribution in [0.4, 0.5) is 0 Å². The third-order valence-corrected chi connectivity index (χ3v) is 6.87. The quantitative estimate of drug-likeness (QED) is 0.485. The Bertz CT molecular complexity index is 1220. The van der Waals surface area contributed by atoms with Gasteiger partial charge < -0.3 is 9.84 Å². The maximum absolute atomic E-state index is 13.0. The average molecular weight is 477 g/mol. The van der Waals surface area contributed by atoms with Gasteiger partial charge in [-0.1, -0.05) is 42.5 Å². The molecule has 0 spiro atoms. The third-order valence-electron chi connectivity index (χ3n) is 6.32. The molecule has 0 unspecified atom stereocenters. The lowest BCUT2D eigenvalue weighted by atomic mass is 9.82. The van der Waals surface area contributed by atoms with Crippen LogP contribution in [0.25, 0.3) is 22.4 Å². The first-order valence-electron chi connectivity index (χ1n) is 11.5. The summed E-state index contributed by atoms with van der Waals surface area (Å²) in [5, 5.41) is 13.6. The number of hydrogen-bond acceptors (Lipinski definition) is 4. The van der Waals surface area contributed by atoms with Crippen molar-refractivity contribution in [1.29, 1.82) is 0 Å². The smallest absolute Gasteiger partial charge is 0.329 e. The lowest BCUT2D eigenvalue weighted by Gasteiger charge is -2.28. The Labute approximate surface area is 202 Å². The summed E-state index contributed by atoms with van der Waals surface area (Å²) in [6, 6.07) is 19.4. The maximum Gasteiger partial charge on any atom is 0.329 e. The molecule has 7 heteroatoms. The van der Waals surface area contributed by atoms with E-state index in [1.165, 1.54) is 11.2 Å². The molecular weight excluding hydrogens is 448 g/mol. The van der Waals surface area contributed by atoms with Crippen molar-refractivity contribution in [3.63, 3.8) is 0 Å². The molecule has 176 valence electrons. The van der Waals surface area contributed by atoms with Gasteiger partial charge in [-0.05, 0) is 55.2 Å². The van der Waals surface area contributed by atoms with Gasteiger partial charge in [-0.15, -0.1) is 16.9 Å². The number of aliphatic carboxylic acids is 1. The molecule has 6 nitrogen and oxygen atoms in total. The Hall–Kier alpha value is -3.25. The zero-order chi connectivity index (χ0) is 23.9. The SMILES string of the molecule is C#Sc1ccc(-c2nn(C[C@H]3CC[C@@H](COCC(=O)O)CC3)c(=O)cc2-c2ccccc2)cc1. The fraction of sp³-hybridized carbons (Fsp3) is 0.333. The van der Waals surface area contributed by atoms with E-state index in [9.17, 15) is 9.59 Å². The van der Waals surface area contributed by atoms with Crippen molar-refractivity contribution in [3.8, 4) is 28.1 Å². The van der Waals surface area contributed by atoms with E-state index in [1.807, 2.05) is 54.6 Å². The molecule has 1 saturated carbocycles. The van der Waals surface area contributed by atoms with Crippen LogP contribution in [0.2, 0.25) is 0 Å². The standard InChI is InChI=1S/C27H28N2O4S/c1-34-23-13-11-22(12-14-23)27-24(21-5-3-2-4-6-21)15-25(30)29(28-27)16-19-7-9-20(10-8-19)17-33-18-26(31)32/h1-6,11-15,19-20H,7-10,16-18H2,(H,31,32)/t19-,20+. The molecule has 3 aromatic rings. The van der Waals surface area contributed by atoms with Gasteiger partial charge in [-0.3, -0.25) is 4.79 Å². The predicted molar refractivity (Wildman–Crippen MR) is 134 cm³/mol. The highest BCUT2D eigenvalue weighted by Crippen LogP contribution is 2.32. The second-order valence-electron chi connectivity index (χ2n) is 8.73. The molecule has 0 radical (unpaired) electrons. The fourth-order valence-corrected chi connectivity index (χ4v) is 4.79. The van der Waals surface area contributed by atoms with Crippen molar-refractivity contribution in [2.75, 3.05) is 13.2 Å². The van der Waals surface area contributed by atoms with Crippen LogP contribution < -0.4 is 5.56 Å². The molecule has 34 heavy (non-hydrogen) atoms. The molecule has 4 rings (SSSR count). The van der Waals surface area contributed by atoms with Gasteiger partial charge in [-0.25, -0.2) is 9.48 Å². The minimum atomic E-state index is -0.940. The zero-order valence-corrected chi connectivity index (χ0v) is 19.7. The normalized spacial score (nSPS) is 17.9. The van der Waals surface area contributed by atoms with Crippen LogP contribution in [0.3, 0.4) is 0 Å². The van der Waals surface area contributed by atoms with Gasteiger partial charge in [0, 0.05) is 28.6 Å². The van der Waals surface area contributed by atoms with E-state index in [1.54, 1.807) is 10.7 Å². The number of carboxylic acids is 1. The van der Waals surface area contributed by atoms with Crippen molar-refractivity contribution in [2.24, 2.45) is 11.8 Å². The Morgan fingerprint density at radius 2 is 1.71 bits per heavy atom. The summed E-state index contributed by atoms with van der Waals surface area (Å²) in [7, 11) is 0. The van der Waals surface area contributed by atoms with Gasteiger partial charge in [0.15, 0.2) is 0 Å². The molecule has 0 amide bonds. The van der Waals surface area contributed by atoms with Gasteiger partial charge in [0.2, 0.25) is 0 Å². The number of aromatic nitrogens is 2. The van der Waals surface area contributed by atoms with E-state index in [4.69, 9.17) is 20.6 Å². The molecule has 1 N–H and O–H groups in total. The molecule has 2 aromatic carbocycles. The third kappa shape index (κ3) is 6.00. The summed E-state index contributed by atoms with van der Waals surface area (Å²) in [5.74, 6) is -0.215. The molecule has 1 heterocycles. The van der Waals surface area contributed by atoms with Gasteiger partial charge in [-0.2, -0.15) is 5.10 Å². The van der Waals surface area contributed by atoms with E-state index in [-0.39, 0.29) is 12.2 Å². The Balaban J connectivity index is 1.55. The molecular formula is C27H28N2O4S. The van der Waals surface area contributed by atoms with Crippen LogP contribution in [-0.2, 0) is 16.1 Å². The summed E-state index contributed by atoms with van der Waals surface area (Å²) in [6.45, 7) is 0.797. The Morgan fingerprint density at radius 1 is 1.03 bits per heavy atom. The van der Waals surface area contributed by atoms with Crippen molar-refractivity contribution >= 4 is 17.1 Å². The molecule has 1 fully saturated rings. The molecule has 0 saturated heterocycles. The first-order chi connectivity index (χ1) is 16.5. The van der Waals surface area contributed by atoms with Crippen LogP contribution in [0.15, 0.2) is 70.4 Å². The fourth-order valence-electron chi connectivity index (χ4n) is 4.50. The predicted octanol–water partition coefficient (Wildman–Crippen LogP) is 5.17. The lowest BCUT2D eigenvalue weighted by Crippen LogP contribution is -2.29. The first-order valence-corrected chi connectivity index (χ1v) is 12.4. The van der Waals surface area contributed by atoms with E-state index in [0.717, 1.165) is 53.0 Å². The van der Waals surface area contributed by atoms with E-state index >= 15 is 0 Å². The summed E-state index contributed by atoms with van der Waals surface area (Å²) in [6.07, 6.45) is 3.86. The van der Waals surface area contributed by atoms with Crippen LogP contribution in [0.5, 0.6) is 0 Å². The summed E-state index contributed by atoms with van der Waals surface area (Å²) in [5.41, 5.74) is 9.05. The number of carbonyl (C=O) groups is 1. The van der Waals surface area contributed by atoms with Gasteiger partial charge in [0.25, 0.3) is 5.56 Å². The average Bonchev–Trinajstić information content (AvgIpc) is 2.86. The highest BCUT2D eigenvalue weighted by Gasteiger charge is 2.23. The van der Waals surface area contributed by atoms with Crippen LogP contribution >= 0.6 is 11.2 Å². The minimum Gasteiger partial charge on any atom is -0.480 e. The van der Waals surface area contributed by atoms with Crippen molar-refractivity contribution in [1.82, 2.24) is 9.78 Å². The van der Waals surface area contributed by atoms with Gasteiger partial charge in [0.1, 0.15) is 6.61 Å². The molecule has 1 aromatic heterocycles. The number of hydrogen-bond donors (Lipinski definition) is 1. The van der Waals surface area contributed by atoms with Crippen molar-refractivity contribution < 1.29 is 14.6 Å². The van der Waals surface area contributed by atoms with E-state index in [0.29, 0.717) is 25.0 Å². The monoisotopic (exact) mass is 476 g/mol. The van der Waals surface area contributed by atoms with E-state index < -0.39 is 5.97 Å². The molecule has 0 atom stereocenters. The highest BCUT2D eigenvalue weighted by atomic mass is 32.1. The van der Waals surface area contributed by atoms with Crippen LogP contribution in [0, 0.1) is 17.5 Å². The Morgan fingerprint density at radius 3 is 2.35 bits per heavy atom. The van der Waals surface area contributed by atoms with Gasteiger partial charge >= 0.3 is 5.97 Å². The van der Waals surface area contributed by atoms with E-state index in [2.05, 4.69) is 0 Å². The molecule has 0 bridgehead atoms. The topological polar surface area (TPSA) is 81.4 Å². The number of benzene rings is 2. The first kappa shape index (κ1) is 23.9. The van der Waals surface area contributed by atoms with Crippen molar-refractivity contribution in [2.45, 2.75) is 37.1 Å². The lowest BCUT2D eigenvalue weighted by molar-refractivity contribution is -0.142. The van der Waals surface area contributed by atoms with Crippen molar-refractivity contribution in [3.05, 3.63) is 71.0 Å². The summed E-state index contributed by atoms with van der Waals surface area (Å²) in [4.78, 5) is 24.6. The highest BCUT2D eigenvalue weighted by molar-refractivity contribution is 7.88.